The summed E-state index contributed by atoms with van der Waals surface area (Å²) >= 11 is 5.95. The number of carbonyl (C=O) groups is 1. The van der Waals surface area contributed by atoms with Gasteiger partial charge in [-0.15, -0.1) is 0 Å². The molecule has 2 atom stereocenters. The summed E-state index contributed by atoms with van der Waals surface area (Å²) in [5, 5.41) is 6.26. The fraction of sp³-hybridized carbons (Fsp3) is 0.300. The number of nitrogens with zero attached hydrogens (tertiary/aromatic N) is 2. The van der Waals surface area contributed by atoms with E-state index in [1.807, 2.05) is 0 Å². The number of benzene rings is 1. The number of pyridine rings is 1. The fourth-order valence-electron chi connectivity index (χ4n) is 3.58. The van der Waals surface area contributed by atoms with Crippen LogP contribution in [0.3, 0.4) is 0 Å². The van der Waals surface area contributed by atoms with Gasteiger partial charge in [-0.25, -0.2) is 13.8 Å². The number of halogens is 3. The minimum atomic E-state index is -1.17. The van der Waals surface area contributed by atoms with Gasteiger partial charge in [0.25, 0.3) is 5.91 Å². The van der Waals surface area contributed by atoms with Crippen LogP contribution in [0.1, 0.15) is 22.3 Å². The van der Waals surface area contributed by atoms with E-state index in [0.717, 1.165) is 5.56 Å². The number of nitrogens with one attached hydrogen (secondary N) is 2. The SMILES string of the molecule is O=C(NC1CCNC[C@@H]1F)c1cn(Cc2ccnc(Cl)c2)c2cccc(F)c12. The highest BCUT2D eigenvalue weighted by Crippen LogP contribution is 2.26. The molecule has 0 aliphatic carbocycles. The summed E-state index contributed by atoms with van der Waals surface area (Å²) in [4.78, 5) is 16.8. The van der Waals surface area contributed by atoms with Crippen molar-refractivity contribution in [1.82, 2.24) is 20.2 Å². The minimum Gasteiger partial charge on any atom is -0.346 e. The van der Waals surface area contributed by atoms with Gasteiger partial charge in [-0.2, -0.15) is 0 Å². The number of hydrogen-bond acceptors (Lipinski definition) is 3. The summed E-state index contributed by atoms with van der Waals surface area (Å²) in [7, 11) is 0. The molecular weight excluding hydrogens is 386 g/mol. The normalized spacial score (nSPS) is 19.7. The molecule has 5 nitrogen and oxygen atoms in total. The van der Waals surface area contributed by atoms with Crippen LogP contribution in [0.5, 0.6) is 0 Å². The molecule has 0 radical (unpaired) electrons. The van der Waals surface area contributed by atoms with Gasteiger partial charge in [0.05, 0.1) is 17.1 Å². The lowest BCUT2D eigenvalue weighted by atomic mass is 10.0. The first-order valence-electron chi connectivity index (χ1n) is 9.06. The third-order valence-electron chi connectivity index (χ3n) is 4.97. The number of piperidine rings is 1. The van der Waals surface area contributed by atoms with Crippen LogP contribution in [0.15, 0.2) is 42.7 Å². The molecule has 1 aromatic carbocycles. The molecule has 0 bridgehead atoms. The molecule has 1 unspecified atom stereocenters. The van der Waals surface area contributed by atoms with Crippen molar-refractivity contribution in [3.63, 3.8) is 0 Å². The standard InChI is InChI=1S/C20H19ClF2N4O/c21-18-8-12(4-7-25-18)10-27-11-13(19-14(22)2-1-3-17(19)27)20(28)26-16-5-6-24-9-15(16)23/h1-4,7-8,11,15-16,24H,5-6,9-10H2,(H,26,28)/t15-,16?/m0/s1. The second kappa shape index (κ2) is 7.85. The summed E-state index contributed by atoms with van der Waals surface area (Å²) in [5.74, 6) is -0.965. The average Bonchev–Trinajstić information content (AvgIpc) is 3.04. The molecule has 3 aromatic rings. The molecule has 1 fully saturated rings. The monoisotopic (exact) mass is 404 g/mol. The summed E-state index contributed by atoms with van der Waals surface area (Å²) in [6.45, 7) is 1.22. The first kappa shape index (κ1) is 18.8. The van der Waals surface area contributed by atoms with E-state index in [9.17, 15) is 13.6 Å². The summed E-state index contributed by atoms with van der Waals surface area (Å²) in [6.07, 6.45) is 2.51. The Labute approximate surface area is 165 Å². The van der Waals surface area contributed by atoms with E-state index in [2.05, 4.69) is 15.6 Å². The van der Waals surface area contributed by atoms with Gasteiger partial charge in [0.2, 0.25) is 0 Å². The maximum Gasteiger partial charge on any atom is 0.253 e. The molecule has 3 heterocycles. The Morgan fingerprint density at radius 2 is 2.25 bits per heavy atom. The molecule has 1 aliphatic heterocycles. The first-order valence-corrected chi connectivity index (χ1v) is 9.44. The highest BCUT2D eigenvalue weighted by Gasteiger charge is 2.28. The largest absolute Gasteiger partial charge is 0.346 e. The number of fused-ring (bicyclic) bond motifs is 1. The van der Waals surface area contributed by atoms with Crippen LogP contribution >= 0.6 is 11.6 Å². The summed E-state index contributed by atoms with van der Waals surface area (Å²) in [6, 6.07) is 7.60. The van der Waals surface area contributed by atoms with E-state index in [1.165, 1.54) is 6.07 Å². The van der Waals surface area contributed by atoms with Gasteiger partial charge in [0.15, 0.2) is 0 Å². The number of rotatable bonds is 4. The quantitative estimate of drug-likeness (QED) is 0.656. The molecule has 0 saturated carbocycles. The van der Waals surface area contributed by atoms with Gasteiger partial charge in [0, 0.05) is 30.9 Å². The highest BCUT2D eigenvalue weighted by molar-refractivity contribution is 6.29. The van der Waals surface area contributed by atoms with E-state index in [4.69, 9.17) is 11.6 Å². The van der Waals surface area contributed by atoms with Crippen molar-refractivity contribution in [2.75, 3.05) is 13.1 Å². The predicted octanol–water partition coefficient (Wildman–Crippen LogP) is 3.31. The first-order chi connectivity index (χ1) is 13.5. The zero-order valence-corrected chi connectivity index (χ0v) is 15.7. The highest BCUT2D eigenvalue weighted by atomic mass is 35.5. The Morgan fingerprint density at radius 3 is 3.04 bits per heavy atom. The van der Waals surface area contributed by atoms with Crippen LogP contribution in [-0.4, -0.2) is 40.8 Å². The number of carbonyl (C=O) groups excluding carboxylic acids is 1. The third-order valence-corrected chi connectivity index (χ3v) is 5.18. The Balaban J connectivity index is 1.69. The molecule has 146 valence electrons. The van der Waals surface area contributed by atoms with Crippen molar-refractivity contribution < 1.29 is 13.6 Å². The van der Waals surface area contributed by atoms with Crippen LogP contribution in [-0.2, 0) is 6.54 Å². The molecule has 1 saturated heterocycles. The van der Waals surface area contributed by atoms with Gasteiger partial charge in [-0.3, -0.25) is 4.79 Å². The number of aromatic nitrogens is 2. The topological polar surface area (TPSA) is 59.0 Å². The molecule has 4 rings (SSSR count). The van der Waals surface area contributed by atoms with Crippen LogP contribution in [0, 0.1) is 5.82 Å². The lowest BCUT2D eigenvalue weighted by Crippen LogP contribution is -2.50. The van der Waals surface area contributed by atoms with Crippen LogP contribution in [0.4, 0.5) is 8.78 Å². The van der Waals surface area contributed by atoms with Crippen molar-refractivity contribution in [2.45, 2.75) is 25.2 Å². The van der Waals surface area contributed by atoms with Gasteiger partial charge in [-0.1, -0.05) is 17.7 Å². The van der Waals surface area contributed by atoms with Gasteiger partial charge < -0.3 is 15.2 Å². The fourth-order valence-corrected chi connectivity index (χ4v) is 3.78. The molecule has 1 amide bonds. The second-order valence-electron chi connectivity index (χ2n) is 6.88. The average molecular weight is 405 g/mol. The van der Waals surface area contributed by atoms with E-state index in [0.29, 0.717) is 30.2 Å². The second-order valence-corrected chi connectivity index (χ2v) is 7.27. The van der Waals surface area contributed by atoms with Crippen molar-refractivity contribution in [3.05, 3.63) is 64.8 Å². The Hall–Kier alpha value is -2.51. The van der Waals surface area contributed by atoms with Gasteiger partial charge >= 0.3 is 0 Å². The van der Waals surface area contributed by atoms with E-state index in [-0.39, 0.29) is 17.5 Å². The molecule has 8 heteroatoms. The van der Waals surface area contributed by atoms with Crippen molar-refractivity contribution in [1.29, 1.82) is 0 Å². The Bertz CT molecular complexity index is 1020. The van der Waals surface area contributed by atoms with E-state index < -0.39 is 23.9 Å². The predicted molar refractivity (Wildman–Crippen MR) is 104 cm³/mol. The molecule has 28 heavy (non-hydrogen) atoms. The lowest BCUT2D eigenvalue weighted by molar-refractivity contribution is 0.0893. The maximum atomic E-state index is 14.6. The summed E-state index contributed by atoms with van der Waals surface area (Å²) in [5.41, 5.74) is 1.65. The van der Waals surface area contributed by atoms with Crippen molar-refractivity contribution in [3.8, 4) is 0 Å². The Morgan fingerprint density at radius 1 is 1.39 bits per heavy atom. The number of alkyl halides is 1. The van der Waals surface area contributed by atoms with Crippen LogP contribution in [0.25, 0.3) is 10.9 Å². The smallest absolute Gasteiger partial charge is 0.253 e. The molecule has 1 aliphatic rings. The van der Waals surface area contributed by atoms with E-state index in [1.54, 1.807) is 41.2 Å². The number of hydrogen-bond donors (Lipinski definition) is 2. The Kier molecular flexibility index (Phi) is 5.28. The van der Waals surface area contributed by atoms with Crippen LogP contribution < -0.4 is 10.6 Å². The molecule has 2 N–H and O–H groups in total. The summed E-state index contributed by atoms with van der Waals surface area (Å²) < 4.78 is 30.4. The van der Waals surface area contributed by atoms with Crippen LogP contribution in [0.2, 0.25) is 5.15 Å². The minimum absolute atomic E-state index is 0.194. The molecule has 2 aromatic heterocycles. The van der Waals surface area contributed by atoms with Gasteiger partial charge in [-0.05, 0) is 42.8 Å². The molecular formula is C20H19ClF2N4O. The van der Waals surface area contributed by atoms with Crippen molar-refractivity contribution >= 4 is 28.4 Å². The zero-order valence-electron chi connectivity index (χ0n) is 15.0. The van der Waals surface area contributed by atoms with E-state index >= 15 is 0 Å². The lowest BCUT2D eigenvalue weighted by Gasteiger charge is -2.27. The number of amides is 1. The maximum absolute atomic E-state index is 14.6. The zero-order chi connectivity index (χ0) is 19.7. The van der Waals surface area contributed by atoms with Gasteiger partial charge in [0.1, 0.15) is 17.1 Å². The van der Waals surface area contributed by atoms with Crippen molar-refractivity contribution in [2.24, 2.45) is 0 Å². The third kappa shape index (κ3) is 3.72. The molecule has 0 spiro atoms.